The number of nitrogens with zero attached hydrogens (tertiary/aromatic N) is 1. The highest BCUT2D eigenvalue weighted by atomic mass is 32.1. The number of carbonyl (C=O) groups excluding carboxylic acids is 4. The van der Waals surface area contributed by atoms with Crippen molar-refractivity contribution in [2.45, 2.75) is 19.3 Å². The molecule has 0 saturated carbocycles. The summed E-state index contributed by atoms with van der Waals surface area (Å²) in [6, 6.07) is 8.06. The van der Waals surface area contributed by atoms with Crippen molar-refractivity contribution in [1.29, 1.82) is 0 Å². The molecule has 3 amide bonds. The van der Waals surface area contributed by atoms with Crippen LogP contribution in [0.5, 0.6) is 0 Å². The summed E-state index contributed by atoms with van der Waals surface area (Å²) >= 11 is 1.42. The Morgan fingerprint density at radius 1 is 1.12 bits per heavy atom. The minimum Gasteiger partial charge on any atom is -0.340 e. The first-order valence-corrected chi connectivity index (χ1v) is 8.94. The number of carbonyl (C=O) groups is 4. The van der Waals surface area contributed by atoms with Crippen LogP contribution in [-0.4, -0.2) is 35.3 Å². The standard InChI is InChI=1S/C18H14N2O5S/c21-15(9-19-16(22)14-8-10-4-3-7-13(10)26-14)25-20-17(23)11-5-1-2-6-12(11)18(20)24/h1-2,5-6,8H,3-4,7,9H2,(H,19,22). The number of nitrogens with one attached hydrogen (secondary N) is 1. The van der Waals surface area contributed by atoms with Crippen LogP contribution >= 0.6 is 11.3 Å². The Morgan fingerprint density at radius 3 is 2.46 bits per heavy atom. The first-order chi connectivity index (χ1) is 12.5. The highest BCUT2D eigenvalue weighted by molar-refractivity contribution is 7.14. The molecule has 0 radical (unpaired) electrons. The Kier molecular flexibility index (Phi) is 4.04. The molecule has 2 heterocycles. The summed E-state index contributed by atoms with van der Waals surface area (Å²) in [4.78, 5) is 54.9. The maximum Gasteiger partial charge on any atom is 0.352 e. The third-order valence-corrected chi connectivity index (χ3v) is 5.55. The normalized spacial score (nSPS) is 15.0. The Labute approximate surface area is 152 Å². The molecule has 0 bridgehead atoms. The summed E-state index contributed by atoms with van der Waals surface area (Å²) in [5, 5.41) is 2.89. The summed E-state index contributed by atoms with van der Waals surface area (Å²) in [6.07, 6.45) is 3.06. The number of benzene rings is 1. The summed E-state index contributed by atoms with van der Waals surface area (Å²) in [6.45, 7) is -0.436. The molecule has 2 aliphatic rings. The molecule has 1 aromatic carbocycles. The number of hydroxylamine groups is 2. The van der Waals surface area contributed by atoms with E-state index in [1.807, 2.05) is 6.07 Å². The van der Waals surface area contributed by atoms with Crippen molar-refractivity contribution in [3.63, 3.8) is 0 Å². The minimum atomic E-state index is -0.892. The fraction of sp³-hybridized carbons (Fsp3) is 0.222. The van der Waals surface area contributed by atoms with Crippen molar-refractivity contribution in [1.82, 2.24) is 10.4 Å². The number of fused-ring (bicyclic) bond motifs is 2. The van der Waals surface area contributed by atoms with E-state index in [1.165, 1.54) is 33.9 Å². The fourth-order valence-electron chi connectivity index (χ4n) is 3.06. The zero-order chi connectivity index (χ0) is 18.3. The van der Waals surface area contributed by atoms with E-state index < -0.39 is 24.3 Å². The van der Waals surface area contributed by atoms with Crippen molar-refractivity contribution in [3.05, 3.63) is 56.8 Å². The topological polar surface area (TPSA) is 92.8 Å². The Bertz CT molecular complexity index is 892. The largest absolute Gasteiger partial charge is 0.352 e. The van der Waals surface area contributed by atoms with Crippen molar-refractivity contribution in [3.8, 4) is 0 Å². The summed E-state index contributed by atoms with van der Waals surface area (Å²) in [5.74, 6) is -2.65. The lowest BCUT2D eigenvalue weighted by Gasteiger charge is -2.12. The molecule has 0 saturated heterocycles. The summed E-state index contributed by atoms with van der Waals surface area (Å²) < 4.78 is 0. The molecule has 7 nitrogen and oxygen atoms in total. The van der Waals surface area contributed by atoms with Crippen LogP contribution in [0.25, 0.3) is 0 Å². The van der Waals surface area contributed by atoms with Crippen LogP contribution in [0.2, 0.25) is 0 Å². The maximum atomic E-state index is 12.1. The van der Waals surface area contributed by atoms with Gasteiger partial charge in [-0.3, -0.25) is 14.4 Å². The van der Waals surface area contributed by atoms with E-state index in [2.05, 4.69) is 5.32 Å². The van der Waals surface area contributed by atoms with Crippen molar-refractivity contribution in [2.75, 3.05) is 6.54 Å². The van der Waals surface area contributed by atoms with Gasteiger partial charge in [0.15, 0.2) is 0 Å². The lowest BCUT2D eigenvalue weighted by atomic mass is 10.1. The van der Waals surface area contributed by atoms with Crippen LogP contribution in [0.1, 0.15) is 47.2 Å². The van der Waals surface area contributed by atoms with Crippen LogP contribution in [0.4, 0.5) is 0 Å². The van der Waals surface area contributed by atoms with Gasteiger partial charge in [-0.1, -0.05) is 17.2 Å². The zero-order valence-corrected chi connectivity index (χ0v) is 14.4. The van der Waals surface area contributed by atoms with Crippen molar-refractivity contribution >= 4 is 35.0 Å². The third-order valence-electron chi connectivity index (χ3n) is 4.31. The average Bonchev–Trinajstić information content (AvgIpc) is 3.30. The second-order valence-corrected chi connectivity index (χ2v) is 7.15. The van der Waals surface area contributed by atoms with Gasteiger partial charge in [0.1, 0.15) is 6.54 Å². The lowest BCUT2D eigenvalue weighted by molar-refractivity contribution is -0.167. The van der Waals surface area contributed by atoms with E-state index in [-0.39, 0.29) is 17.0 Å². The van der Waals surface area contributed by atoms with E-state index >= 15 is 0 Å². The molecule has 2 aromatic rings. The van der Waals surface area contributed by atoms with Gasteiger partial charge in [0.25, 0.3) is 17.7 Å². The van der Waals surface area contributed by atoms with Gasteiger partial charge in [-0.25, -0.2) is 4.79 Å². The number of hydrogen-bond donors (Lipinski definition) is 1. The smallest absolute Gasteiger partial charge is 0.340 e. The van der Waals surface area contributed by atoms with Crippen LogP contribution in [0.15, 0.2) is 30.3 Å². The van der Waals surface area contributed by atoms with Crippen LogP contribution in [-0.2, 0) is 22.5 Å². The molecule has 0 fully saturated rings. The predicted molar refractivity (Wildman–Crippen MR) is 91.7 cm³/mol. The Hall–Kier alpha value is -3.00. The molecule has 0 spiro atoms. The number of thiophene rings is 1. The van der Waals surface area contributed by atoms with Crippen LogP contribution in [0, 0.1) is 0 Å². The van der Waals surface area contributed by atoms with Crippen LogP contribution in [0.3, 0.4) is 0 Å². The van der Waals surface area contributed by atoms with E-state index in [4.69, 9.17) is 4.84 Å². The highest BCUT2D eigenvalue weighted by Crippen LogP contribution is 2.30. The molecule has 1 aliphatic carbocycles. The molecule has 0 unspecified atom stereocenters. The Morgan fingerprint density at radius 2 is 1.81 bits per heavy atom. The van der Waals surface area contributed by atoms with Gasteiger partial charge < -0.3 is 10.2 Å². The van der Waals surface area contributed by atoms with Gasteiger partial charge in [0, 0.05) is 4.88 Å². The molecule has 4 rings (SSSR count). The second-order valence-electron chi connectivity index (χ2n) is 6.01. The van der Waals surface area contributed by atoms with Gasteiger partial charge >= 0.3 is 5.97 Å². The van der Waals surface area contributed by atoms with Gasteiger partial charge in [0.05, 0.1) is 16.0 Å². The molecule has 1 aromatic heterocycles. The first kappa shape index (κ1) is 16.5. The van der Waals surface area contributed by atoms with E-state index in [0.29, 0.717) is 9.94 Å². The molecule has 8 heteroatoms. The van der Waals surface area contributed by atoms with Crippen LogP contribution < -0.4 is 5.32 Å². The Balaban J connectivity index is 1.35. The highest BCUT2D eigenvalue weighted by Gasteiger charge is 2.38. The first-order valence-electron chi connectivity index (χ1n) is 8.13. The average molecular weight is 370 g/mol. The number of hydrogen-bond acceptors (Lipinski definition) is 6. The number of aryl methyl sites for hydroxylation is 2. The van der Waals surface area contributed by atoms with Gasteiger partial charge in [-0.05, 0) is 43.0 Å². The van der Waals surface area contributed by atoms with E-state index in [9.17, 15) is 19.2 Å². The third kappa shape index (κ3) is 2.78. The number of imide groups is 1. The van der Waals surface area contributed by atoms with Gasteiger partial charge in [0.2, 0.25) is 0 Å². The fourth-order valence-corrected chi connectivity index (χ4v) is 4.23. The summed E-state index contributed by atoms with van der Waals surface area (Å²) in [5.41, 5.74) is 1.55. The van der Waals surface area contributed by atoms with E-state index in [0.717, 1.165) is 19.3 Å². The minimum absolute atomic E-state index is 0.183. The molecular formula is C18H14N2O5S. The number of rotatable bonds is 4. The molecule has 0 atom stereocenters. The maximum absolute atomic E-state index is 12.1. The molecule has 1 N–H and O–H groups in total. The van der Waals surface area contributed by atoms with Crippen molar-refractivity contribution in [2.24, 2.45) is 0 Å². The molecule has 132 valence electrons. The van der Waals surface area contributed by atoms with Gasteiger partial charge in [-0.2, -0.15) is 0 Å². The predicted octanol–water partition coefficient (Wildman–Crippen LogP) is 1.72. The second kappa shape index (κ2) is 6.38. The molecular weight excluding hydrogens is 356 g/mol. The molecule has 1 aliphatic heterocycles. The molecule has 26 heavy (non-hydrogen) atoms. The lowest BCUT2D eigenvalue weighted by Crippen LogP contribution is -2.37. The SMILES string of the molecule is O=C(CNC(=O)c1cc2c(s1)CCC2)ON1C(=O)c2ccccc2C1=O. The summed E-state index contributed by atoms with van der Waals surface area (Å²) in [7, 11) is 0. The van der Waals surface area contributed by atoms with Crippen molar-refractivity contribution < 1.29 is 24.0 Å². The monoisotopic (exact) mass is 370 g/mol. The number of amides is 3. The van der Waals surface area contributed by atoms with E-state index in [1.54, 1.807) is 12.1 Å². The zero-order valence-electron chi connectivity index (χ0n) is 13.6. The van der Waals surface area contributed by atoms with Gasteiger partial charge in [-0.15, -0.1) is 11.3 Å². The quantitative estimate of drug-likeness (QED) is 0.828.